The van der Waals surface area contributed by atoms with Crippen LogP contribution in [0.1, 0.15) is 12.7 Å². The van der Waals surface area contributed by atoms with E-state index >= 15 is 0 Å². The highest BCUT2D eigenvalue weighted by atomic mass is 35.5. The molecule has 6 heteroatoms. The molecule has 0 aliphatic rings. The molecule has 3 rings (SSSR count). The Balaban J connectivity index is 1.71. The molecule has 0 fully saturated rings. The quantitative estimate of drug-likeness (QED) is 0.492. The van der Waals surface area contributed by atoms with E-state index in [2.05, 4.69) is 5.32 Å². The van der Waals surface area contributed by atoms with Crippen LogP contribution in [-0.4, -0.2) is 12.5 Å². The molecule has 138 valence electrons. The Labute approximate surface area is 167 Å². The maximum atomic E-state index is 12.2. The number of hydrogen-bond donors (Lipinski definition) is 1. The molecule has 3 aromatic rings. The van der Waals surface area contributed by atoms with Crippen LogP contribution in [0.2, 0.25) is 10.0 Å². The molecular weight excluding hydrogens is 385 g/mol. The lowest BCUT2D eigenvalue weighted by Gasteiger charge is -2.09. The summed E-state index contributed by atoms with van der Waals surface area (Å²) >= 11 is 12.2. The van der Waals surface area contributed by atoms with Crippen molar-refractivity contribution in [3.05, 3.63) is 76.5 Å². The molecule has 0 bridgehead atoms. The summed E-state index contributed by atoms with van der Waals surface area (Å²) in [7, 11) is 0. The van der Waals surface area contributed by atoms with E-state index in [0.717, 1.165) is 0 Å². The van der Waals surface area contributed by atoms with Crippen LogP contribution < -0.4 is 10.1 Å². The van der Waals surface area contributed by atoms with Gasteiger partial charge in [0.15, 0.2) is 0 Å². The number of rotatable bonds is 6. The number of para-hydroxylation sites is 2. The van der Waals surface area contributed by atoms with Crippen molar-refractivity contribution in [2.45, 2.75) is 6.92 Å². The average molecular weight is 402 g/mol. The highest BCUT2D eigenvalue weighted by molar-refractivity contribution is 6.43. The minimum absolute atomic E-state index is 0.291. The van der Waals surface area contributed by atoms with Crippen molar-refractivity contribution in [1.29, 1.82) is 0 Å². The maximum absolute atomic E-state index is 12.2. The fourth-order valence-electron chi connectivity index (χ4n) is 2.46. The fraction of sp³-hybridized carbons (Fsp3) is 0.0952. The zero-order valence-corrected chi connectivity index (χ0v) is 16.1. The van der Waals surface area contributed by atoms with Gasteiger partial charge in [-0.1, -0.05) is 41.4 Å². The van der Waals surface area contributed by atoms with E-state index in [1.165, 1.54) is 6.08 Å². The second kappa shape index (κ2) is 8.80. The fourth-order valence-corrected chi connectivity index (χ4v) is 2.86. The molecule has 0 aliphatic carbocycles. The van der Waals surface area contributed by atoms with Crippen molar-refractivity contribution in [2.75, 3.05) is 11.9 Å². The van der Waals surface area contributed by atoms with Gasteiger partial charge in [-0.3, -0.25) is 4.79 Å². The molecule has 1 aromatic heterocycles. The Bertz CT molecular complexity index is 979. The lowest BCUT2D eigenvalue weighted by molar-refractivity contribution is -0.111. The van der Waals surface area contributed by atoms with Gasteiger partial charge in [0.25, 0.3) is 0 Å². The van der Waals surface area contributed by atoms with Gasteiger partial charge in [-0.15, -0.1) is 0 Å². The molecule has 0 radical (unpaired) electrons. The summed E-state index contributed by atoms with van der Waals surface area (Å²) in [5.74, 6) is 1.43. The molecule has 0 aliphatic heterocycles. The van der Waals surface area contributed by atoms with Gasteiger partial charge < -0.3 is 14.5 Å². The zero-order valence-electron chi connectivity index (χ0n) is 14.5. The van der Waals surface area contributed by atoms with E-state index in [-0.39, 0.29) is 5.91 Å². The average Bonchev–Trinajstić information content (AvgIpc) is 3.13. The second-order valence-corrected chi connectivity index (χ2v) is 6.34. The number of ether oxygens (including phenoxy) is 1. The van der Waals surface area contributed by atoms with Crippen LogP contribution in [0.3, 0.4) is 0 Å². The van der Waals surface area contributed by atoms with E-state index in [4.69, 9.17) is 32.4 Å². The topological polar surface area (TPSA) is 51.5 Å². The summed E-state index contributed by atoms with van der Waals surface area (Å²) in [5.41, 5.74) is 1.30. The van der Waals surface area contributed by atoms with Gasteiger partial charge in [-0.05, 0) is 49.4 Å². The molecule has 0 spiro atoms. The normalized spacial score (nSPS) is 10.9. The van der Waals surface area contributed by atoms with Crippen LogP contribution in [0.5, 0.6) is 5.75 Å². The van der Waals surface area contributed by atoms with Crippen LogP contribution in [0.25, 0.3) is 17.4 Å². The molecule has 1 heterocycles. The minimum Gasteiger partial charge on any atom is -0.492 e. The number of benzene rings is 2. The molecule has 0 atom stereocenters. The zero-order chi connectivity index (χ0) is 19.2. The minimum atomic E-state index is -0.291. The first-order valence-corrected chi connectivity index (χ1v) is 9.09. The number of hydrogen-bond acceptors (Lipinski definition) is 3. The third-order valence-electron chi connectivity index (χ3n) is 3.69. The molecule has 27 heavy (non-hydrogen) atoms. The van der Waals surface area contributed by atoms with Crippen molar-refractivity contribution < 1.29 is 13.9 Å². The van der Waals surface area contributed by atoms with Crippen LogP contribution in [-0.2, 0) is 4.79 Å². The van der Waals surface area contributed by atoms with E-state index in [9.17, 15) is 4.79 Å². The molecular formula is C21H17Cl2NO3. The Morgan fingerprint density at radius 1 is 1.11 bits per heavy atom. The number of carbonyl (C=O) groups excluding carboxylic acids is 1. The van der Waals surface area contributed by atoms with Crippen molar-refractivity contribution >= 4 is 40.9 Å². The van der Waals surface area contributed by atoms with Crippen molar-refractivity contribution in [3.63, 3.8) is 0 Å². The van der Waals surface area contributed by atoms with Crippen LogP contribution >= 0.6 is 23.2 Å². The van der Waals surface area contributed by atoms with Crippen LogP contribution in [0, 0.1) is 0 Å². The molecule has 0 saturated heterocycles. The molecule has 0 saturated carbocycles. The van der Waals surface area contributed by atoms with Crippen LogP contribution in [0.4, 0.5) is 5.69 Å². The summed E-state index contributed by atoms with van der Waals surface area (Å²) < 4.78 is 11.2. The number of furan rings is 1. The number of halogens is 2. The molecule has 1 N–H and O–H groups in total. The first-order chi connectivity index (χ1) is 13.1. The smallest absolute Gasteiger partial charge is 0.248 e. The Hall–Kier alpha value is -2.69. The van der Waals surface area contributed by atoms with Gasteiger partial charge in [0.1, 0.15) is 17.3 Å². The third-order valence-corrected chi connectivity index (χ3v) is 4.51. The van der Waals surface area contributed by atoms with Gasteiger partial charge >= 0.3 is 0 Å². The lowest BCUT2D eigenvalue weighted by atomic mass is 10.2. The van der Waals surface area contributed by atoms with Crippen molar-refractivity contribution in [3.8, 4) is 17.1 Å². The number of nitrogens with one attached hydrogen (secondary N) is 1. The predicted molar refractivity (Wildman–Crippen MR) is 109 cm³/mol. The monoisotopic (exact) mass is 401 g/mol. The summed E-state index contributed by atoms with van der Waals surface area (Å²) in [6.45, 7) is 2.41. The van der Waals surface area contributed by atoms with E-state index in [0.29, 0.717) is 45.2 Å². The standard InChI is InChI=1S/C21H17Cl2NO3/c1-2-26-19-9-4-3-8-17(19)24-20(25)13-11-14-10-12-18(27-14)15-6-5-7-16(22)21(15)23/h3-13H,2H2,1H3,(H,24,25). The number of carbonyl (C=O) groups is 1. The summed E-state index contributed by atoms with van der Waals surface area (Å²) in [5, 5.41) is 3.67. The van der Waals surface area contributed by atoms with E-state index in [1.807, 2.05) is 25.1 Å². The predicted octanol–water partition coefficient (Wildman–Crippen LogP) is 6.30. The van der Waals surface area contributed by atoms with Gasteiger partial charge in [0, 0.05) is 11.6 Å². The van der Waals surface area contributed by atoms with Crippen molar-refractivity contribution in [1.82, 2.24) is 0 Å². The van der Waals surface area contributed by atoms with Crippen molar-refractivity contribution in [2.24, 2.45) is 0 Å². The summed E-state index contributed by atoms with van der Waals surface area (Å²) in [6.07, 6.45) is 2.98. The Morgan fingerprint density at radius 2 is 1.93 bits per heavy atom. The Morgan fingerprint density at radius 3 is 2.74 bits per heavy atom. The van der Waals surface area contributed by atoms with Gasteiger partial charge in [0.2, 0.25) is 5.91 Å². The molecule has 4 nitrogen and oxygen atoms in total. The largest absolute Gasteiger partial charge is 0.492 e. The first kappa shape index (κ1) is 19.1. The molecule has 1 amide bonds. The van der Waals surface area contributed by atoms with Gasteiger partial charge in [-0.2, -0.15) is 0 Å². The summed E-state index contributed by atoms with van der Waals surface area (Å²) in [4.78, 5) is 12.2. The number of anilines is 1. The molecule has 2 aromatic carbocycles. The lowest BCUT2D eigenvalue weighted by Crippen LogP contribution is -2.09. The Kier molecular flexibility index (Phi) is 6.22. The van der Waals surface area contributed by atoms with Crippen LogP contribution in [0.15, 0.2) is 65.1 Å². The summed E-state index contributed by atoms with van der Waals surface area (Å²) in [6, 6.07) is 16.1. The molecule has 0 unspecified atom stereocenters. The first-order valence-electron chi connectivity index (χ1n) is 8.33. The van der Waals surface area contributed by atoms with Gasteiger partial charge in [0.05, 0.1) is 22.3 Å². The maximum Gasteiger partial charge on any atom is 0.248 e. The highest BCUT2D eigenvalue weighted by Crippen LogP contribution is 2.34. The van der Waals surface area contributed by atoms with E-state index in [1.54, 1.807) is 42.5 Å². The number of amides is 1. The highest BCUT2D eigenvalue weighted by Gasteiger charge is 2.10. The third kappa shape index (κ3) is 4.73. The van der Waals surface area contributed by atoms with Gasteiger partial charge in [-0.25, -0.2) is 0 Å². The second-order valence-electron chi connectivity index (χ2n) is 5.56. The SMILES string of the molecule is CCOc1ccccc1NC(=O)C=Cc1ccc(-c2cccc(Cl)c2Cl)o1. The van der Waals surface area contributed by atoms with E-state index < -0.39 is 0 Å².